The third-order valence-corrected chi connectivity index (χ3v) is 9.07. The van der Waals surface area contributed by atoms with Crippen molar-refractivity contribution in [2.75, 3.05) is 27.4 Å². The number of nitrogens with zero attached hydrogens (tertiary/aromatic N) is 2. The molecular formula is C32H48N2O9. The largest absolute Gasteiger partial charge is 0.467 e. The predicted molar refractivity (Wildman–Crippen MR) is 158 cm³/mol. The van der Waals surface area contributed by atoms with Gasteiger partial charge in [0.25, 0.3) is 5.91 Å². The van der Waals surface area contributed by atoms with Crippen LogP contribution in [0, 0.1) is 16.7 Å². The van der Waals surface area contributed by atoms with Crippen molar-refractivity contribution in [1.29, 1.82) is 0 Å². The Bertz CT molecular complexity index is 1220. The van der Waals surface area contributed by atoms with Crippen LogP contribution >= 0.6 is 0 Å². The Hall–Kier alpha value is -3.02. The smallest absolute Gasteiger partial charge is 0.338 e. The second-order valence-electron chi connectivity index (χ2n) is 14.0. The van der Waals surface area contributed by atoms with Crippen LogP contribution in [0.4, 0.5) is 0 Å². The summed E-state index contributed by atoms with van der Waals surface area (Å²) in [5, 5.41) is 11.1. The highest BCUT2D eigenvalue weighted by atomic mass is 16.6. The SMILES string of the molecule is C=CCC1=C(C)[C@@]2(C(=O)OC)CO[C@H](C(C)(C)C)N2C1=O.C=CC[C@@H]1C(=O)N2[C@@H](C(C)(C)C)OC[C@]2(C(=O)OC)[C@]1(C)O. The fourth-order valence-corrected chi connectivity index (χ4v) is 6.77. The summed E-state index contributed by atoms with van der Waals surface area (Å²) in [5.41, 5.74) is -3.59. The summed E-state index contributed by atoms with van der Waals surface area (Å²) in [6.45, 7) is 22.4. The van der Waals surface area contributed by atoms with Gasteiger partial charge in [-0.05, 0) is 32.3 Å². The van der Waals surface area contributed by atoms with Gasteiger partial charge in [-0.2, -0.15) is 0 Å². The van der Waals surface area contributed by atoms with E-state index in [0.717, 1.165) is 0 Å². The van der Waals surface area contributed by atoms with Crippen LogP contribution in [0.3, 0.4) is 0 Å². The highest BCUT2D eigenvalue weighted by molar-refractivity contribution is 6.06. The number of rotatable bonds is 6. The first-order chi connectivity index (χ1) is 19.8. The molecule has 0 saturated carbocycles. The van der Waals surface area contributed by atoms with Gasteiger partial charge < -0.3 is 24.1 Å². The summed E-state index contributed by atoms with van der Waals surface area (Å²) < 4.78 is 21.5. The maximum absolute atomic E-state index is 12.9. The van der Waals surface area contributed by atoms with Crippen molar-refractivity contribution in [3.05, 3.63) is 36.5 Å². The number of carbonyl (C=O) groups is 4. The van der Waals surface area contributed by atoms with E-state index < -0.39 is 52.4 Å². The van der Waals surface area contributed by atoms with Gasteiger partial charge in [0.2, 0.25) is 5.91 Å². The molecule has 3 saturated heterocycles. The highest BCUT2D eigenvalue weighted by Gasteiger charge is 2.75. The van der Waals surface area contributed by atoms with Crippen molar-refractivity contribution in [3.8, 4) is 0 Å². The van der Waals surface area contributed by atoms with Crippen LogP contribution in [0.5, 0.6) is 0 Å². The number of fused-ring (bicyclic) bond motifs is 2. The summed E-state index contributed by atoms with van der Waals surface area (Å²) in [6, 6.07) is 0. The standard InChI is InChI=1S/C16H25NO5.C16H23NO4/c1-7-8-10-11(18)17-12(14(2,3)4)22-9-16(17,13(19)21-6)15(10,5)20;1-7-8-11-10(2)16(14(19)20-6)9-21-13(15(3,4)5)17(16)12(11)18/h7,10,12,20H,1,8-9H2,2-6H3;7,13H,1,8-9H2,2-6H3/t10-,12-,15-,16+;13-,16-/m11/s1. The van der Waals surface area contributed by atoms with Gasteiger partial charge in [0, 0.05) is 16.4 Å². The quantitative estimate of drug-likeness (QED) is 0.359. The fraction of sp³-hybridized carbons (Fsp3) is 0.688. The van der Waals surface area contributed by atoms with Gasteiger partial charge in [-0.3, -0.25) is 19.4 Å². The monoisotopic (exact) mass is 604 g/mol. The third kappa shape index (κ3) is 4.93. The summed E-state index contributed by atoms with van der Waals surface area (Å²) in [6.07, 6.45) is 2.93. The first-order valence-electron chi connectivity index (χ1n) is 14.5. The van der Waals surface area contributed by atoms with Gasteiger partial charge >= 0.3 is 11.9 Å². The lowest BCUT2D eigenvalue weighted by atomic mass is 9.75. The van der Waals surface area contributed by atoms with E-state index in [0.29, 0.717) is 17.6 Å². The summed E-state index contributed by atoms with van der Waals surface area (Å²) in [5.74, 6) is -2.29. The van der Waals surface area contributed by atoms with Crippen molar-refractivity contribution < 1.29 is 43.2 Å². The number of esters is 2. The van der Waals surface area contributed by atoms with Crippen molar-refractivity contribution >= 4 is 23.8 Å². The van der Waals surface area contributed by atoms with Gasteiger partial charge in [-0.25, -0.2) is 9.59 Å². The molecule has 4 aliphatic rings. The topological polar surface area (TPSA) is 132 Å². The van der Waals surface area contributed by atoms with Crippen molar-refractivity contribution in [2.45, 2.75) is 97.4 Å². The van der Waals surface area contributed by atoms with Crippen LogP contribution in [-0.2, 0) is 38.1 Å². The van der Waals surface area contributed by atoms with Gasteiger partial charge in [0.15, 0.2) is 11.1 Å². The Morgan fingerprint density at radius 2 is 1.47 bits per heavy atom. The molecule has 0 aliphatic carbocycles. The minimum absolute atomic E-state index is 0.0754. The number of hydrogen-bond acceptors (Lipinski definition) is 9. The van der Waals surface area contributed by atoms with E-state index in [1.165, 1.54) is 26.0 Å². The zero-order valence-corrected chi connectivity index (χ0v) is 27.2. The molecule has 4 rings (SSSR count). The molecule has 0 radical (unpaired) electrons. The van der Waals surface area contributed by atoms with E-state index in [1.54, 1.807) is 17.1 Å². The van der Waals surface area contributed by atoms with Gasteiger partial charge in [0.1, 0.15) is 18.1 Å². The maximum atomic E-state index is 12.9. The van der Waals surface area contributed by atoms with Crippen LogP contribution in [0.1, 0.15) is 68.2 Å². The molecule has 11 heteroatoms. The Kier molecular flexibility index (Phi) is 9.20. The van der Waals surface area contributed by atoms with Crippen LogP contribution in [0.25, 0.3) is 0 Å². The molecule has 1 N–H and O–H groups in total. The minimum atomic E-state index is -1.59. The molecule has 0 spiro atoms. The molecule has 6 atom stereocenters. The highest BCUT2D eigenvalue weighted by Crippen LogP contribution is 2.53. The van der Waals surface area contributed by atoms with E-state index in [-0.39, 0.29) is 36.9 Å². The second kappa shape index (κ2) is 11.5. The number of hydrogen-bond donors (Lipinski definition) is 1. The van der Waals surface area contributed by atoms with E-state index >= 15 is 0 Å². The van der Waals surface area contributed by atoms with Crippen molar-refractivity contribution in [2.24, 2.45) is 16.7 Å². The van der Waals surface area contributed by atoms with Crippen LogP contribution in [0.2, 0.25) is 0 Å². The Labute approximate surface area is 254 Å². The number of aliphatic hydroxyl groups is 1. The molecule has 43 heavy (non-hydrogen) atoms. The van der Waals surface area contributed by atoms with E-state index in [2.05, 4.69) is 13.2 Å². The lowest BCUT2D eigenvalue weighted by molar-refractivity contribution is -0.167. The molecule has 2 amide bonds. The number of ether oxygens (including phenoxy) is 4. The first kappa shape index (κ1) is 34.5. The van der Waals surface area contributed by atoms with E-state index in [4.69, 9.17) is 18.9 Å². The zero-order valence-electron chi connectivity index (χ0n) is 27.2. The molecular weight excluding hydrogens is 556 g/mol. The molecule has 0 aromatic carbocycles. The molecule has 4 aliphatic heterocycles. The maximum Gasteiger partial charge on any atom is 0.338 e. The third-order valence-electron chi connectivity index (χ3n) is 9.07. The van der Waals surface area contributed by atoms with Crippen molar-refractivity contribution in [3.63, 3.8) is 0 Å². The molecule has 240 valence electrons. The lowest BCUT2D eigenvalue weighted by Gasteiger charge is -2.40. The van der Waals surface area contributed by atoms with E-state index in [9.17, 15) is 24.3 Å². The molecule has 0 aromatic rings. The number of methoxy groups -OCH3 is 2. The molecule has 4 heterocycles. The van der Waals surface area contributed by atoms with E-state index in [1.807, 2.05) is 48.5 Å². The minimum Gasteiger partial charge on any atom is -0.467 e. The Morgan fingerprint density at radius 1 is 0.953 bits per heavy atom. The summed E-state index contributed by atoms with van der Waals surface area (Å²) >= 11 is 0. The first-order valence-corrected chi connectivity index (χ1v) is 14.5. The molecule has 3 fully saturated rings. The average Bonchev–Trinajstić information content (AvgIpc) is 3.62. The second-order valence-corrected chi connectivity index (χ2v) is 14.0. The summed E-state index contributed by atoms with van der Waals surface area (Å²) in [7, 11) is 2.59. The summed E-state index contributed by atoms with van der Waals surface area (Å²) in [4.78, 5) is 53.6. The van der Waals surface area contributed by atoms with Gasteiger partial charge in [-0.1, -0.05) is 53.7 Å². The molecule has 0 aromatic heterocycles. The predicted octanol–water partition coefficient (Wildman–Crippen LogP) is 3.12. The lowest BCUT2D eigenvalue weighted by Crippen LogP contribution is -2.64. The van der Waals surface area contributed by atoms with Crippen LogP contribution < -0.4 is 0 Å². The number of amides is 2. The number of allylic oxidation sites excluding steroid dienone is 2. The van der Waals surface area contributed by atoms with Crippen LogP contribution in [0.15, 0.2) is 36.5 Å². The Balaban J connectivity index is 0.000000236. The average molecular weight is 605 g/mol. The Morgan fingerprint density at radius 3 is 1.93 bits per heavy atom. The zero-order chi connectivity index (χ0) is 32.9. The van der Waals surface area contributed by atoms with Gasteiger partial charge in [0.05, 0.1) is 33.4 Å². The normalized spacial score (nSPS) is 33.6. The number of carbonyl (C=O) groups excluding carboxylic acids is 4. The van der Waals surface area contributed by atoms with Crippen LogP contribution in [-0.4, -0.2) is 95.2 Å². The van der Waals surface area contributed by atoms with Gasteiger partial charge in [-0.15, -0.1) is 13.2 Å². The molecule has 0 unspecified atom stereocenters. The molecule has 11 nitrogen and oxygen atoms in total. The van der Waals surface area contributed by atoms with Crippen molar-refractivity contribution in [1.82, 2.24) is 9.80 Å². The molecule has 0 bridgehead atoms. The fourth-order valence-electron chi connectivity index (χ4n) is 6.77.